The Bertz CT molecular complexity index is 1170. The van der Waals surface area contributed by atoms with Gasteiger partial charge < -0.3 is 9.64 Å². The second kappa shape index (κ2) is 9.36. The number of anilines is 1. The Morgan fingerprint density at radius 2 is 1.85 bits per heavy atom. The number of fused-ring (bicyclic) bond motifs is 1. The molecular formula is C22H21F3N4O3S. The monoisotopic (exact) mass is 478 g/mol. The zero-order valence-corrected chi connectivity index (χ0v) is 18.5. The fourth-order valence-corrected chi connectivity index (χ4v) is 4.59. The van der Waals surface area contributed by atoms with Crippen LogP contribution in [0.5, 0.6) is 0 Å². The lowest BCUT2D eigenvalue weighted by Gasteiger charge is -2.34. The van der Waals surface area contributed by atoms with Gasteiger partial charge in [0.25, 0.3) is 5.91 Å². The smallest absolute Gasteiger partial charge is 0.417 e. The third kappa shape index (κ3) is 5.09. The summed E-state index contributed by atoms with van der Waals surface area (Å²) in [6, 6.07) is 9.93. The Balaban J connectivity index is 1.40. The van der Waals surface area contributed by atoms with Crippen molar-refractivity contribution in [2.75, 3.05) is 37.7 Å². The maximum Gasteiger partial charge on any atom is 0.417 e. The molecule has 1 aliphatic rings. The third-order valence-electron chi connectivity index (χ3n) is 5.18. The van der Waals surface area contributed by atoms with Crippen LogP contribution in [0.15, 0.2) is 42.5 Å². The normalized spacial score (nSPS) is 15.0. The number of carbonyl (C=O) groups excluding carboxylic acids is 2. The van der Waals surface area contributed by atoms with Gasteiger partial charge in [-0.25, -0.2) is 14.8 Å². The highest BCUT2D eigenvalue weighted by molar-refractivity contribution is 7.22. The van der Waals surface area contributed by atoms with E-state index in [0.29, 0.717) is 38.3 Å². The van der Waals surface area contributed by atoms with Crippen LogP contribution in [0.3, 0.4) is 0 Å². The molecule has 4 rings (SSSR count). The first-order valence-electron chi connectivity index (χ1n) is 10.3. The van der Waals surface area contributed by atoms with Gasteiger partial charge in [0.2, 0.25) is 0 Å². The number of nitrogens with zero attached hydrogens (tertiary/aromatic N) is 3. The second-order valence-electron chi connectivity index (χ2n) is 7.36. The predicted molar refractivity (Wildman–Crippen MR) is 118 cm³/mol. The number of ether oxygens (including phenoxy) is 1. The Hall–Kier alpha value is -3.18. The summed E-state index contributed by atoms with van der Waals surface area (Å²) in [5, 5.41) is 2.39. The summed E-state index contributed by atoms with van der Waals surface area (Å²) in [6.45, 7) is 3.96. The van der Waals surface area contributed by atoms with Crippen molar-refractivity contribution in [1.82, 2.24) is 15.4 Å². The quantitative estimate of drug-likeness (QED) is 0.560. The first-order chi connectivity index (χ1) is 15.8. The maximum atomic E-state index is 13.2. The van der Waals surface area contributed by atoms with Gasteiger partial charge in [-0.15, -0.1) is 0 Å². The standard InChI is InChI=1S/C22H21F3N4O3S/c1-2-32-20(31)14-7-8-17-18(13-14)33-21(26-17)28-9-11-29(12-10-28)27-19(30)15-5-3-4-6-16(15)22(23,24)25/h3-8,13H,2,9-12H2,1H3,(H,27,30). The van der Waals surface area contributed by atoms with E-state index < -0.39 is 23.2 Å². The van der Waals surface area contributed by atoms with Crippen molar-refractivity contribution in [3.05, 3.63) is 59.2 Å². The van der Waals surface area contributed by atoms with Crippen LogP contribution in [0.1, 0.15) is 33.2 Å². The molecule has 2 heterocycles. The molecule has 0 saturated carbocycles. The summed E-state index contributed by atoms with van der Waals surface area (Å²) in [7, 11) is 0. The number of hydrogen-bond acceptors (Lipinski definition) is 7. The number of rotatable bonds is 5. The molecular weight excluding hydrogens is 457 g/mol. The molecule has 1 aliphatic heterocycles. The number of hydrazine groups is 1. The molecule has 1 aromatic heterocycles. The zero-order chi connectivity index (χ0) is 23.6. The van der Waals surface area contributed by atoms with Crippen molar-refractivity contribution in [2.24, 2.45) is 0 Å². The molecule has 0 aliphatic carbocycles. The number of thiazole rings is 1. The number of hydrogen-bond donors (Lipinski definition) is 1. The van der Waals surface area contributed by atoms with Crippen molar-refractivity contribution in [1.29, 1.82) is 0 Å². The highest BCUT2D eigenvalue weighted by atomic mass is 32.1. The SMILES string of the molecule is CCOC(=O)c1ccc2nc(N3CCN(NC(=O)c4ccccc4C(F)(F)F)CC3)sc2c1. The molecule has 0 atom stereocenters. The Labute approximate surface area is 191 Å². The Morgan fingerprint density at radius 1 is 1.12 bits per heavy atom. The number of amides is 1. The summed E-state index contributed by atoms with van der Waals surface area (Å²) in [5.74, 6) is -1.17. The fraction of sp³-hybridized carbons (Fsp3) is 0.318. The van der Waals surface area contributed by atoms with Crippen LogP contribution < -0.4 is 10.3 Å². The number of piperazine rings is 1. The molecule has 0 bridgehead atoms. The Morgan fingerprint density at radius 3 is 2.55 bits per heavy atom. The van der Waals surface area contributed by atoms with E-state index in [1.54, 1.807) is 30.1 Å². The van der Waals surface area contributed by atoms with Gasteiger partial charge in [0.05, 0.1) is 33.5 Å². The van der Waals surface area contributed by atoms with Crippen molar-refractivity contribution in [3.8, 4) is 0 Å². The van der Waals surface area contributed by atoms with Crippen molar-refractivity contribution in [3.63, 3.8) is 0 Å². The zero-order valence-electron chi connectivity index (χ0n) is 17.7. The maximum absolute atomic E-state index is 13.2. The molecule has 1 saturated heterocycles. The number of esters is 1. The molecule has 0 unspecified atom stereocenters. The minimum Gasteiger partial charge on any atom is -0.462 e. The van der Waals surface area contributed by atoms with Gasteiger partial charge >= 0.3 is 12.1 Å². The first-order valence-corrected chi connectivity index (χ1v) is 11.1. The lowest BCUT2D eigenvalue weighted by molar-refractivity contribution is -0.138. The Kier molecular flexibility index (Phi) is 6.52. The van der Waals surface area contributed by atoms with Crippen molar-refractivity contribution >= 4 is 38.6 Å². The van der Waals surface area contributed by atoms with Gasteiger partial charge in [0, 0.05) is 26.2 Å². The lowest BCUT2D eigenvalue weighted by atomic mass is 10.1. The van der Waals surface area contributed by atoms with E-state index in [-0.39, 0.29) is 5.97 Å². The highest BCUT2D eigenvalue weighted by Crippen LogP contribution is 2.32. The van der Waals surface area contributed by atoms with E-state index in [4.69, 9.17) is 4.74 Å². The molecule has 0 radical (unpaired) electrons. The van der Waals surface area contributed by atoms with Gasteiger partial charge in [-0.1, -0.05) is 23.5 Å². The summed E-state index contributed by atoms with van der Waals surface area (Å²) >= 11 is 1.45. The van der Waals surface area contributed by atoms with Crippen LogP contribution in [0.2, 0.25) is 0 Å². The molecule has 2 aromatic carbocycles. The van der Waals surface area contributed by atoms with Gasteiger partial charge in [0.1, 0.15) is 0 Å². The lowest BCUT2D eigenvalue weighted by Crippen LogP contribution is -2.53. The summed E-state index contributed by atoms with van der Waals surface area (Å²) in [6.07, 6.45) is -4.60. The van der Waals surface area contributed by atoms with Crippen LogP contribution in [0.4, 0.5) is 18.3 Å². The number of nitrogens with one attached hydrogen (secondary N) is 1. The van der Waals surface area contributed by atoms with Gasteiger partial charge in [0.15, 0.2) is 5.13 Å². The van der Waals surface area contributed by atoms with Crippen LogP contribution in [0, 0.1) is 0 Å². The number of benzene rings is 2. The average molecular weight is 478 g/mol. The van der Waals surface area contributed by atoms with Crippen LogP contribution in [-0.2, 0) is 10.9 Å². The van der Waals surface area contributed by atoms with E-state index in [2.05, 4.69) is 10.4 Å². The van der Waals surface area contributed by atoms with E-state index in [1.807, 2.05) is 4.90 Å². The first kappa shape index (κ1) is 23.0. The summed E-state index contributed by atoms with van der Waals surface area (Å²) in [4.78, 5) is 31.1. The molecule has 7 nitrogen and oxygen atoms in total. The van der Waals surface area contributed by atoms with Crippen LogP contribution in [0.25, 0.3) is 10.2 Å². The van der Waals surface area contributed by atoms with Crippen LogP contribution >= 0.6 is 11.3 Å². The topological polar surface area (TPSA) is 74.8 Å². The van der Waals surface area contributed by atoms with E-state index in [9.17, 15) is 22.8 Å². The highest BCUT2D eigenvalue weighted by Gasteiger charge is 2.35. The summed E-state index contributed by atoms with van der Waals surface area (Å²) in [5.41, 5.74) is 2.44. The number of carbonyl (C=O) groups is 2. The number of aromatic nitrogens is 1. The van der Waals surface area contributed by atoms with Gasteiger partial charge in [-0.2, -0.15) is 13.2 Å². The molecule has 1 amide bonds. The van der Waals surface area contributed by atoms with Crippen molar-refractivity contribution < 1.29 is 27.5 Å². The minimum atomic E-state index is -4.60. The second-order valence-corrected chi connectivity index (χ2v) is 8.37. The van der Waals surface area contributed by atoms with Gasteiger partial charge in [-0.3, -0.25) is 10.2 Å². The predicted octanol–water partition coefficient (Wildman–Crippen LogP) is 3.96. The van der Waals surface area contributed by atoms with Crippen molar-refractivity contribution in [2.45, 2.75) is 13.1 Å². The molecule has 1 N–H and O–H groups in total. The average Bonchev–Trinajstić information content (AvgIpc) is 3.22. The van der Waals surface area contributed by atoms with E-state index in [0.717, 1.165) is 21.4 Å². The molecule has 174 valence electrons. The molecule has 33 heavy (non-hydrogen) atoms. The van der Waals surface area contributed by atoms with E-state index in [1.165, 1.54) is 29.5 Å². The largest absolute Gasteiger partial charge is 0.462 e. The molecule has 0 spiro atoms. The molecule has 1 fully saturated rings. The number of halogens is 3. The fourth-order valence-electron chi connectivity index (χ4n) is 3.53. The van der Waals surface area contributed by atoms with Gasteiger partial charge in [-0.05, 0) is 37.3 Å². The minimum absolute atomic E-state index is 0.299. The summed E-state index contributed by atoms with van der Waals surface area (Å²) < 4.78 is 45.5. The molecule has 11 heteroatoms. The van der Waals surface area contributed by atoms with Crippen LogP contribution in [-0.4, -0.2) is 54.7 Å². The van der Waals surface area contributed by atoms with E-state index >= 15 is 0 Å². The third-order valence-corrected chi connectivity index (χ3v) is 6.25. The molecule has 3 aromatic rings. The number of alkyl halides is 3.